The molecule has 2 saturated carbocycles. The van der Waals surface area contributed by atoms with Crippen molar-refractivity contribution in [3.8, 4) is 0 Å². The third-order valence-electron chi connectivity index (χ3n) is 5.75. The SMILES string of the molecule is C=C1C(=O)OC2CC3(C)C(=O)CCC(C)C3(O)CC12. The zero-order chi connectivity index (χ0) is 14.0. The van der Waals surface area contributed by atoms with Crippen molar-refractivity contribution in [2.24, 2.45) is 17.3 Å². The average Bonchev–Trinajstić information content (AvgIpc) is 2.61. The lowest BCUT2D eigenvalue weighted by Crippen LogP contribution is -2.63. The van der Waals surface area contributed by atoms with Crippen LogP contribution in [0, 0.1) is 17.3 Å². The molecule has 0 amide bonds. The molecule has 19 heavy (non-hydrogen) atoms. The molecule has 4 nitrogen and oxygen atoms in total. The van der Waals surface area contributed by atoms with Gasteiger partial charge in [0, 0.05) is 24.3 Å². The maximum atomic E-state index is 12.3. The summed E-state index contributed by atoms with van der Waals surface area (Å²) in [5.41, 5.74) is -1.39. The first-order valence-electron chi connectivity index (χ1n) is 6.95. The van der Waals surface area contributed by atoms with Crippen LogP contribution in [-0.4, -0.2) is 28.6 Å². The molecule has 3 aliphatic rings. The van der Waals surface area contributed by atoms with E-state index in [1.54, 1.807) is 0 Å². The Kier molecular flexibility index (Phi) is 2.50. The van der Waals surface area contributed by atoms with Gasteiger partial charge in [0.1, 0.15) is 11.9 Å². The molecule has 0 aromatic rings. The molecule has 0 spiro atoms. The zero-order valence-electron chi connectivity index (χ0n) is 11.4. The Morgan fingerprint density at radius 2 is 2.05 bits per heavy atom. The monoisotopic (exact) mass is 264 g/mol. The van der Waals surface area contributed by atoms with Gasteiger partial charge < -0.3 is 9.84 Å². The van der Waals surface area contributed by atoms with Crippen LogP contribution in [0.15, 0.2) is 12.2 Å². The highest BCUT2D eigenvalue weighted by Gasteiger charge is 2.64. The van der Waals surface area contributed by atoms with Crippen molar-refractivity contribution in [2.75, 3.05) is 0 Å². The molecule has 0 aromatic carbocycles. The van der Waals surface area contributed by atoms with Gasteiger partial charge in [-0.15, -0.1) is 0 Å². The van der Waals surface area contributed by atoms with Crippen LogP contribution in [0.3, 0.4) is 0 Å². The quantitative estimate of drug-likeness (QED) is 0.533. The summed E-state index contributed by atoms with van der Waals surface area (Å²) in [6.45, 7) is 7.61. The fraction of sp³-hybridized carbons (Fsp3) is 0.733. The van der Waals surface area contributed by atoms with Crippen LogP contribution in [0.4, 0.5) is 0 Å². The van der Waals surface area contributed by atoms with Gasteiger partial charge >= 0.3 is 5.97 Å². The van der Waals surface area contributed by atoms with Crippen LogP contribution in [0.25, 0.3) is 0 Å². The Bertz CT molecular complexity index is 483. The van der Waals surface area contributed by atoms with Gasteiger partial charge in [-0.1, -0.05) is 13.5 Å². The summed E-state index contributed by atoms with van der Waals surface area (Å²) in [6, 6.07) is 0. The summed E-state index contributed by atoms with van der Waals surface area (Å²) in [4.78, 5) is 24.0. The molecule has 2 aliphatic carbocycles. The minimum absolute atomic E-state index is 0.0552. The summed E-state index contributed by atoms with van der Waals surface area (Å²) in [7, 11) is 0. The van der Waals surface area contributed by atoms with E-state index < -0.39 is 11.0 Å². The molecule has 104 valence electrons. The number of carbonyl (C=O) groups is 2. The number of hydrogen-bond acceptors (Lipinski definition) is 4. The third-order valence-corrected chi connectivity index (χ3v) is 5.75. The summed E-state index contributed by atoms with van der Waals surface area (Å²) in [5.74, 6) is -0.361. The summed E-state index contributed by atoms with van der Waals surface area (Å²) >= 11 is 0. The molecule has 3 fully saturated rings. The maximum Gasteiger partial charge on any atom is 0.334 e. The first-order chi connectivity index (χ1) is 8.79. The van der Waals surface area contributed by atoms with Crippen LogP contribution in [0.5, 0.6) is 0 Å². The molecular formula is C15H20O4. The average molecular weight is 264 g/mol. The second-order valence-electron chi connectivity index (χ2n) is 6.60. The number of esters is 1. The van der Waals surface area contributed by atoms with E-state index in [2.05, 4.69) is 6.58 Å². The van der Waals surface area contributed by atoms with Gasteiger partial charge in [-0.25, -0.2) is 4.79 Å². The van der Waals surface area contributed by atoms with E-state index >= 15 is 0 Å². The molecule has 1 N–H and O–H groups in total. The van der Waals surface area contributed by atoms with Crippen molar-refractivity contribution >= 4 is 11.8 Å². The number of Topliss-reactive ketones (excluding diaryl/α,β-unsaturated/α-hetero) is 1. The predicted octanol–water partition coefficient (Wildman–Crippen LogP) is 1.61. The van der Waals surface area contributed by atoms with Crippen molar-refractivity contribution in [3.63, 3.8) is 0 Å². The number of rotatable bonds is 0. The second kappa shape index (κ2) is 3.69. The standard InChI is InChI=1S/C15H20O4/c1-8-4-5-12(16)14(3)7-11-10(6-15(8,14)18)9(2)13(17)19-11/h8,10-11,18H,2,4-7H2,1,3H3. The zero-order valence-corrected chi connectivity index (χ0v) is 11.4. The highest BCUT2D eigenvalue weighted by molar-refractivity contribution is 5.92. The van der Waals surface area contributed by atoms with Crippen molar-refractivity contribution in [1.29, 1.82) is 0 Å². The lowest BCUT2D eigenvalue weighted by molar-refractivity contribution is -0.196. The van der Waals surface area contributed by atoms with Crippen LogP contribution in [0.1, 0.15) is 39.5 Å². The maximum absolute atomic E-state index is 12.3. The number of ketones is 1. The fourth-order valence-electron chi connectivity index (χ4n) is 4.21. The molecule has 0 aromatic heterocycles. The lowest BCUT2D eigenvalue weighted by atomic mass is 9.50. The van der Waals surface area contributed by atoms with E-state index in [4.69, 9.17) is 4.74 Å². The smallest absolute Gasteiger partial charge is 0.334 e. The largest absolute Gasteiger partial charge is 0.458 e. The molecule has 1 saturated heterocycles. The van der Waals surface area contributed by atoms with E-state index in [9.17, 15) is 14.7 Å². The summed E-state index contributed by atoms with van der Waals surface area (Å²) in [6.07, 6.45) is 1.75. The van der Waals surface area contributed by atoms with Crippen molar-refractivity contribution < 1.29 is 19.4 Å². The topological polar surface area (TPSA) is 63.6 Å². The third kappa shape index (κ3) is 1.43. The van der Waals surface area contributed by atoms with Crippen LogP contribution in [0.2, 0.25) is 0 Å². The lowest BCUT2D eigenvalue weighted by Gasteiger charge is -2.56. The van der Waals surface area contributed by atoms with Gasteiger partial charge in [-0.2, -0.15) is 0 Å². The summed E-state index contributed by atoms with van der Waals surface area (Å²) in [5, 5.41) is 11.1. The molecule has 5 atom stereocenters. The van der Waals surface area contributed by atoms with E-state index in [-0.39, 0.29) is 29.7 Å². The van der Waals surface area contributed by atoms with E-state index in [1.807, 2.05) is 13.8 Å². The van der Waals surface area contributed by atoms with E-state index in [0.717, 1.165) is 0 Å². The predicted molar refractivity (Wildman–Crippen MR) is 68.2 cm³/mol. The fourth-order valence-corrected chi connectivity index (χ4v) is 4.21. The second-order valence-corrected chi connectivity index (χ2v) is 6.60. The summed E-state index contributed by atoms with van der Waals surface area (Å²) < 4.78 is 5.32. The molecule has 0 bridgehead atoms. The highest BCUT2D eigenvalue weighted by Crippen LogP contribution is 2.57. The first kappa shape index (κ1) is 12.9. The highest BCUT2D eigenvalue weighted by atomic mass is 16.6. The van der Waals surface area contributed by atoms with Crippen molar-refractivity contribution in [1.82, 2.24) is 0 Å². The van der Waals surface area contributed by atoms with Crippen molar-refractivity contribution in [2.45, 2.75) is 51.2 Å². The Morgan fingerprint density at radius 3 is 2.74 bits per heavy atom. The van der Waals surface area contributed by atoms with Gasteiger partial charge in [0.25, 0.3) is 0 Å². The molecule has 5 unspecified atom stereocenters. The Morgan fingerprint density at radius 1 is 1.37 bits per heavy atom. The van der Waals surface area contributed by atoms with E-state index in [0.29, 0.717) is 31.3 Å². The molecule has 0 radical (unpaired) electrons. The molecular weight excluding hydrogens is 244 g/mol. The number of hydrogen-bond donors (Lipinski definition) is 1. The first-order valence-corrected chi connectivity index (χ1v) is 6.95. The minimum Gasteiger partial charge on any atom is -0.458 e. The van der Waals surface area contributed by atoms with Crippen LogP contribution in [-0.2, 0) is 14.3 Å². The Balaban J connectivity index is 2.03. The number of ether oxygens (including phenoxy) is 1. The van der Waals surface area contributed by atoms with Crippen LogP contribution < -0.4 is 0 Å². The van der Waals surface area contributed by atoms with Crippen LogP contribution >= 0.6 is 0 Å². The van der Waals surface area contributed by atoms with E-state index in [1.165, 1.54) is 0 Å². The Hall–Kier alpha value is -1.16. The normalized spacial score (nSPS) is 49.6. The van der Waals surface area contributed by atoms with Crippen molar-refractivity contribution in [3.05, 3.63) is 12.2 Å². The number of fused-ring (bicyclic) bond motifs is 2. The van der Waals surface area contributed by atoms with Gasteiger partial charge in [0.2, 0.25) is 0 Å². The van der Waals surface area contributed by atoms with Gasteiger partial charge in [-0.05, 0) is 25.7 Å². The van der Waals surface area contributed by atoms with Gasteiger partial charge in [-0.3, -0.25) is 4.79 Å². The number of carbonyl (C=O) groups excluding carboxylic acids is 2. The molecule has 1 aliphatic heterocycles. The molecule has 4 heteroatoms. The van der Waals surface area contributed by atoms with Gasteiger partial charge in [0.15, 0.2) is 0 Å². The Labute approximate surface area is 112 Å². The molecule has 1 heterocycles. The van der Waals surface area contributed by atoms with Gasteiger partial charge in [0.05, 0.1) is 11.0 Å². The minimum atomic E-state index is -1.04. The number of aliphatic hydroxyl groups is 1. The molecule has 3 rings (SSSR count).